The Morgan fingerprint density at radius 2 is 1.19 bits per heavy atom. The van der Waals surface area contributed by atoms with E-state index in [0.29, 0.717) is 0 Å². The number of hydrogen-bond donors (Lipinski definition) is 0. The van der Waals surface area contributed by atoms with E-state index in [1.165, 1.54) is 0 Å². The molecule has 0 aromatic carbocycles. The van der Waals surface area contributed by atoms with Crippen LogP contribution in [0.5, 0.6) is 0 Å². The van der Waals surface area contributed by atoms with Gasteiger partial charge in [0.25, 0.3) is 0 Å². The van der Waals surface area contributed by atoms with Crippen LogP contribution in [-0.4, -0.2) is 51.6 Å². The predicted octanol–water partition coefficient (Wildman–Crippen LogP) is 0.886. The van der Waals surface area contributed by atoms with Crippen LogP contribution in [0.25, 0.3) is 0 Å². The van der Waals surface area contributed by atoms with E-state index in [-0.39, 0.29) is 19.8 Å². The van der Waals surface area contributed by atoms with Crippen LogP contribution in [-0.2, 0) is 33.0 Å². The van der Waals surface area contributed by atoms with Gasteiger partial charge in [0.2, 0.25) is 0 Å². The SMILES string of the molecule is C#CCOC(=O)CC(CC(=O)OCC#C)(O[Si](C)(C)C)C(=O)OCC#C. The number of esters is 3. The van der Waals surface area contributed by atoms with Crippen LogP contribution in [0.15, 0.2) is 0 Å². The molecule has 0 radical (unpaired) electrons. The Morgan fingerprint density at radius 1 is 0.808 bits per heavy atom. The molecule has 0 amide bonds. The van der Waals surface area contributed by atoms with E-state index in [4.69, 9.17) is 37.9 Å². The van der Waals surface area contributed by atoms with Crippen molar-refractivity contribution in [2.45, 2.75) is 38.1 Å². The summed E-state index contributed by atoms with van der Waals surface area (Å²) in [6.45, 7) is 4.39. The Labute approximate surface area is 154 Å². The van der Waals surface area contributed by atoms with Crippen LogP contribution in [0, 0.1) is 37.0 Å². The maximum Gasteiger partial charge on any atom is 0.339 e. The Balaban J connectivity index is 5.75. The minimum atomic E-state index is -2.44. The second-order valence-corrected chi connectivity index (χ2v) is 10.5. The highest BCUT2D eigenvalue weighted by Crippen LogP contribution is 2.29. The van der Waals surface area contributed by atoms with Crippen LogP contribution >= 0.6 is 0 Å². The van der Waals surface area contributed by atoms with Crippen molar-refractivity contribution < 1.29 is 33.0 Å². The minimum Gasteiger partial charge on any atom is -0.452 e. The summed E-state index contributed by atoms with van der Waals surface area (Å²) in [5.41, 5.74) is -1.95. The van der Waals surface area contributed by atoms with Gasteiger partial charge in [-0.05, 0) is 19.6 Å². The molecular formula is C18H22O7Si. The fraction of sp³-hybridized carbons (Fsp3) is 0.500. The minimum absolute atomic E-state index is 0.289. The average Bonchev–Trinajstić information content (AvgIpc) is 2.54. The van der Waals surface area contributed by atoms with Crippen LogP contribution in [0.3, 0.4) is 0 Å². The molecule has 0 aliphatic carbocycles. The zero-order valence-corrected chi connectivity index (χ0v) is 16.1. The molecule has 0 atom stereocenters. The third kappa shape index (κ3) is 8.94. The van der Waals surface area contributed by atoms with Gasteiger partial charge >= 0.3 is 17.9 Å². The molecule has 0 aromatic rings. The lowest BCUT2D eigenvalue weighted by molar-refractivity contribution is -0.174. The molecule has 7 nitrogen and oxygen atoms in total. The molecule has 8 heteroatoms. The van der Waals surface area contributed by atoms with Crippen molar-refractivity contribution in [3.05, 3.63) is 0 Å². The molecule has 0 fully saturated rings. The molecule has 0 N–H and O–H groups in total. The zero-order valence-electron chi connectivity index (χ0n) is 15.1. The highest BCUT2D eigenvalue weighted by molar-refractivity contribution is 6.70. The Hall–Kier alpha value is -2.73. The second-order valence-electron chi connectivity index (χ2n) is 6.07. The smallest absolute Gasteiger partial charge is 0.339 e. The van der Waals surface area contributed by atoms with E-state index in [1.54, 1.807) is 19.6 Å². The van der Waals surface area contributed by atoms with Crippen LogP contribution in [0.1, 0.15) is 12.8 Å². The summed E-state index contributed by atoms with van der Waals surface area (Å²) >= 11 is 0. The quantitative estimate of drug-likeness (QED) is 0.241. The van der Waals surface area contributed by atoms with Gasteiger partial charge in [0, 0.05) is 0 Å². The third-order valence-corrected chi connectivity index (χ3v) is 3.66. The van der Waals surface area contributed by atoms with Gasteiger partial charge in [0.15, 0.2) is 33.7 Å². The van der Waals surface area contributed by atoms with Crippen molar-refractivity contribution in [2.75, 3.05) is 19.8 Å². The molecule has 0 unspecified atom stereocenters. The lowest BCUT2D eigenvalue weighted by atomic mass is 9.95. The molecular weight excluding hydrogens is 356 g/mol. The van der Waals surface area contributed by atoms with Gasteiger partial charge in [-0.15, -0.1) is 19.3 Å². The van der Waals surface area contributed by atoms with E-state index in [2.05, 4.69) is 17.8 Å². The molecule has 0 aliphatic heterocycles. The summed E-state index contributed by atoms with van der Waals surface area (Å²) in [4.78, 5) is 36.7. The molecule has 0 saturated heterocycles. The molecule has 0 bridgehead atoms. The van der Waals surface area contributed by atoms with Gasteiger partial charge in [0.1, 0.15) is 0 Å². The number of rotatable bonds is 10. The lowest BCUT2D eigenvalue weighted by Gasteiger charge is -2.35. The van der Waals surface area contributed by atoms with E-state index in [0.717, 1.165) is 0 Å². The van der Waals surface area contributed by atoms with E-state index >= 15 is 0 Å². The summed E-state index contributed by atoms with van der Waals surface area (Å²) < 4.78 is 20.4. The fourth-order valence-corrected chi connectivity index (χ4v) is 3.36. The van der Waals surface area contributed by atoms with Crippen molar-refractivity contribution in [3.63, 3.8) is 0 Å². The predicted molar refractivity (Wildman–Crippen MR) is 95.8 cm³/mol. The normalized spacial score (nSPS) is 10.6. The van der Waals surface area contributed by atoms with Crippen molar-refractivity contribution >= 4 is 26.2 Å². The van der Waals surface area contributed by atoms with Crippen molar-refractivity contribution in [3.8, 4) is 37.0 Å². The van der Waals surface area contributed by atoms with Crippen LogP contribution in [0.4, 0.5) is 0 Å². The third-order valence-electron chi connectivity index (χ3n) is 2.65. The summed E-state index contributed by atoms with van der Waals surface area (Å²) in [5, 5.41) is 0. The van der Waals surface area contributed by atoms with Gasteiger partial charge in [0.05, 0.1) is 12.8 Å². The Morgan fingerprint density at radius 3 is 1.54 bits per heavy atom. The number of hydrogen-bond acceptors (Lipinski definition) is 7. The largest absolute Gasteiger partial charge is 0.452 e. The lowest BCUT2D eigenvalue weighted by Crippen LogP contribution is -2.52. The monoisotopic (exact) mass is 378 g/mol. The Bertz CT molecular complexity index is 608. The topological polar surface area (TPSA) is 88.1 Å². The standard InChI is InChI=1S/C18H22O7Si/c1-7-10-22-15(19)13-18(25-26(4,5)6,17(21)24-12-9-3)14-16(20)23-11-8-2/h1-3H,10-14H2,4-6H3. The van der Waals surface area contributed by atoms with Gasteiger partial charge in [-0.25, -0.2) is 4.79 Å². The van der Waals surface area contributed by atoms with Crippen LogP contribution < -0.4 is 0 Å². The molecule has 0 aliphatic rings. The first-order chi connectivity index (χ1) is 12.1. The van der Waals surface area contributed by atoms with E-state index in [9.17, 15) is 14.4 Å². The first kappa shape index (κ1) is 23.3. The summed E-state index contributed by atoms with van der Waals surface area (Å²) in [6, 6.07) is 0. The van der Waals surface area contributed by atoms with E-state index < -0.39 is 44.7 Å². The average molecular weight is 378 g/mol. The maximum atomic E-state index is 12.6. The van der Waals surface area contributed by atoms with Crippen LogP contribution in [0.2, 0.25) is 19.6 Å². The number of carbonyl (C=O) groups is 3. The van der Waals surface area contributed by atoms with Gasteiger partial charge < -0.3 is 18.6 Å². The zero-order chi connectivity index (χ0) is 20.2. The first-order valence-electron chi connectivity index (χ1n) is 7.59. The van der Waals surface area contributed by atoms with Gasteiger partial charge in [-0.3, -0.25) is 9.59 Å². The number of ether oxygens (including phenoxy) is 3. The second kappa shape index (κ2) is 11.0. The molecule has 0 aromatic heterocycles. The van der Waals surface area contributed by atoms with E-state index in [1.807, 2.05) is 0 Å². The molecule has 0 spiro atoms. The van der Waals surface area contributed by atoms with Crippen molar-refractivity contribution in [1.82, 2.24) is 0 Å². The number of carbonyl (C=O) groups excluding carboxylic acids is 3. The summed E-state index contributed by atoms with van der Waals surface area (Å²) in [7, 11) is -2.44. The molecule has 0 saturated carbocycles. The maximum absolute atomic E-state index is 12.6. The summed E-state index contributed by atoms with van der Waals surface area (Å²) in [6.07, 6.45) is 14.0. The first-order valence-corrected chi connectivity index (χ1v) is 11.0. The van der Waals surface area contributed by atoms with Crippen molar-refractivity contribution in [2.24, 2.45) is 0 Å². The number of terminal acetylenes is 3. The molecule has 26 heavy (non-hydrogen) atoms. The fourth-order valence-electron chi connectivity index (χ4n) is 1.96. The molecule has 140 valence electrons. The van der Waals surface area contributed by atoms with Crippen molar-refractivity contribution in [1.29, 1.82) is 0 Å². The highest BCUT2D eigenvalue weighted by Gasteiger charge is 2.49. The van der Waals surface area contributed by atoms with Gasteiger partial charge in [-0.2, -0.15) is 0 Å². The summed E-state index contributed by atoms with van der Waals surface area (Å²) in [5.74, 6) is 3.78. The highest BCUT2D eigenvalue weighted by atomic mass is 28.4. The Kier molecular flexibility index (Phi) is 9.84. The molecule has 0 rings (SSSR count). The van der Waals surface area contributed by atoms with Gasteiger partial charge in [-0.1, -0.05) is 17.8 Å². The molecule has 0 heterocycles.